The molecule has 0 aromatic carbocycles. The molecule has 190 valence electrons. The SMILES string of the molecule is CCC1(c2nc3c(c(N4CCC(OC)CC4)n2)CCN(c2ncccn2)C3)C=CC(NC(N)=O)=CC1. The fourth-order valence-corrected chi connectivity index (χ4v) is 5.32. The molecule has 4 heterocycles. The van der Waals surface area contributed by atoms with Gasteiger partial charge in [0.05, 0.1) is 23.8 Å². The molecule has 3 aliphatic rings. The van der Waals surface area contributed by atoms with Gasteiger partial charge in [-0.15, -0.1) is 0 Å². The normalized spacial score (nSPS) is 22.2. The van der Waals surface area contributed by atoms with Gasteiger partial charge in [0.25, 0.3) is 0 Å². The van der Waals surface area contributed by atoms with Gasteiger partial charge in [-0.1, -0.05) is 19.1 Å². The molecule has 2 aliphatic heterocycles. The molecule has 0 radical (unpaired) electrons. The van der Waals surface area contributed by atoms with E-state index in [1.807, 2.05) is 18.2 Å². The van der Waals surface area contributed by atoms with Crippen molar-refractivity contribution in [3.63, 3.8) is 0 Å². The summed E-state index contributed by atoms with van der Waals surface area (Å²) in [5, 5.41) is 2.67. The second kappa shape index (κ2) is 10.2. The molecule has 10 nitrogen and oxygen atoms in total. The van der Waals surface area contributed by atoms with Crippen molar-refractivity contribution in [3.8, 4) is 0 Å². The fraction of sp³-hybridized carbons (Fsp3) is 0.500. The number of primary amides is 1. The number of aromatic nitrogens is 4. The largest absolute Gasteiger partial charge is 0.381 e. The number of amides is 2. The zero-order valence-electron chi connectivity index (χ0n) is 21.0. The molecule has 1 saturated heterocycles. The maximum absolute atomic E-state index is 11.3. The van der Waals surface area contributed by atoms with E-state index in [9.17, 15) is 4.79 Å². The van der Waals surface area contributed by atoms with Crippen molar-refractivity contribution in [1.82, 2.24) is 25.3 Å². The summed E-state index contributed by atoms with van der Waals surface area (Å²) in [5.74, 6) is 2.58. The Morgan fingerprint density at radius 3 is 2.61 bits per heavy atom. The molecule has 0 bridgehead atoms. The Bertz CT molecular complexity index is 1160. The lowest BCUT2D eigenvalue weighted by molar-refractivity contribution is 0.0817. The lowest BCUT2D eigenvalue weighted by Crippen LogP contribution is -2.41. The molecule has 36 heavy (non-hydrogen) atoms. The monoisotopic (exact) mass is 490 g/mol. The Labute approximate surface area is 211 Å². The highest BCUT2D eigenvalue weighted by atomic mass is 16.5. The first-order valence-electron chi connectivity index (χ1n) is 12.7. The number of rotatable bonds is 6. The molecule has 2 amide bonds. The van der Waals surface area contributed by atoms with Crippen molar-refractivity contribution in [1.29, 1.82) is 0 Å². The predicted molar refractivity (Wildman–Crippen MR) is 138 cm³/mol. The van der Waals surface area contributed by atoms with E-state index < -0.39 is 6.03 Å². The molecule has 2 aromatic rings. The number of carbonyl (C=O) groups is 1. The maximum atomic E-state index is 11.3. The van der Waals surface area contributed by atoms with E-state index in [0.29, 0.717) is 24.8 Å². The minimum absolute atomic E-state index is 0.300. The maximum Gasteiger partial charge on any atom is 0.316 e. The van der Waals surface area contributed by atoms with Crippen molar-refractivity contribution in [3.05, 3.63) is 59.5 Å². The van der Waals surface area contributed by atoms with Crippen LogP contribution in [-0.2, 0) is 23.1 Å². The molecule has 1 atom stereocenters. The third kappa shape index (κ3) is 4.77. The molecule has 2 aromatic heterocycles. The molecular formula is C26H34N8O2. The van der Waals surface area contributed by atoms with Crippen LogP contribution in [0.5, 0.6) is 0 Å². The van der Waals surface area contributed by atoms with E-state index in [1.54, 1.807) is 19.5 Å². The molecule has 1 fully saturated rings. The lowest BCUT2D eigenvalue weighted by atomic mass is 9.77. The van der Waals surface area contributed by atoms with E-state index in [-0.39, 0.29) is 5.41 Å². The van der Waals surface area contributed by atoms with Gasteiger partial charge in [0.2, 0.25) is 5.95 Å². The van der Waals surface area contributed by atoms with Crippen LogP contribution in [0.25, 0.3) is 0 Å². The summed E-state index contributed by atoms with van der Waals surface area (Å²) in [5.41, 5.74) is 7.92. The number of piperidine rings is 1. The number of hydrogen-bond donors (Lipinski definition) is 2. The number of urea groups is 1. The Morgan fingerprint density at radius 1 is 1.19 bits per heavy atom. The Hall–Kier alpha value is -3.53. The van der Waals surface area contributed by atoms with E-state index >= 15 is 0 Å². The first-order valence-corrected chi connectivity index (χ1v) is 12.7. The van der Waals surface area contributed by atoms with Crippen molar-refractivity contribution >= 4 is 17.8 Å². The summed E-state index contributed by atoms with van der Waals surface area (Å²) >= 11 is 0. The summed E-state index contributed by atoms with van der Waals surface area (Å²) in [4.78, 5) is 35.3. The van der Waals surface area contributed by atoms with Gasteiger partial charge in [0, 0.05) is 50.4 Å². The van der Waals surface area contributed by atoms with E-state index in [2.05, 4.69) is 38.1 Å². The van der Waals surface area contributed by atoms with Gasteiger partial charge in [-0.05, 0) is 44.2 Å². The minimum Gasteiger partial charge on any atom is -0.381 e. The molecule has 10 heteroatoms. The van der Waals surface area contributed by atoms with Gasteiger partial charge in [0.1, 0.15) is 11.6 Å². The minimum atomic E-state index is -0.565. The predicted octanol–water partition coefficient (Wildman–Crippen LogP) is 2.60. The average molecular weight is 491 g/mol. The van der Waals surface area contributed by atoms with Gasteiger partial charge >= 0.3 is 6.03 Å². The second-order valence-corrected chi connectivity index (χ2v) is 9.63. The standard InChI is InChI=1S/C26H34N8O2/c1-3-26(10-5-18(6-11-26)30-24(27)35)23-31-21-17-34(25-28-12-4-13-29-25)16-9-20(21)22(32-23)33-14-7-19(36-2)8-15-33/h4-6,10,12-13,19H,3,7-9,11,14-17H2,1-2H3,(H3,27,30,35). The van der Waals surface area contributed by atoms with E-state index in [4.69, 9.17) is 20.4 Å². The summed E-state index contributed by atoms with van der Waals surface area (Å²) in [6.45, 7) is 5.44. The van der Waals surface area contributed by atoms with E-state index in [0.717, 1.165) is 68.6 Å². The highest BCUT2D eigenvalue weighted by Crippen LogP contribution is 2.38. The van der Waals surface area contributed by atoms with Gasteiger partial charge in [-0.2, -0.15) is 0 Å². The first-order chi connectivity index (χ1) is 17.5. The average Bonchev–Trinajstić information content (AvgIpc) is 2.93. The summed E-state index contributed by atoms with van der Waals surface area (Å²) < 4.78 is 5.61. The number of hydrogen-bond acceptors (Lipinski definition) is 8. The molecule has 1 unspecified atom stereocenters. The Balaban J connectivity index is 1.52. The van der Waals surface area contributed by atoms with Crippen LogP contribution < -0.4 is 20.9 Å². The lowest BCUT2D eigenvalue weighted by Gasteiger charge is -2.38. The third-order valence-electron chi connectivity index (χ3n) is 7.57. The molecule has 5 rings (SSSR count). The first kappa shape index (κ1) is 24.2. The number of carbonyl (C=O) groups excluding carboxylic acids is 1. The van der Waals surface area contributed by atoms with Crippen LogP contribution in [-0.4, -0.2) is 58.8 Å². The van der Waals surface area contributed by atoms with Gasteiger partial charge in [-0.3, -0.25) is 0 Å². The van der Waals surface area contributed by atoms with Crippen LogP contribution in [0.15, 0.2) is 42.4 Å². The number of nitrogens with zero attached hydrogens (tertiary/aromatic N) is 6. The van der Waals surface area contributed by atoms with Crippen LogP contribution in [0.4, 0.5) is 16.6 Å². The summed E-state index contributed by atoms with van der Waals surface area (Å²) in [6.07, 6.45) is 14.2. The number of nitrogens with two attached hydrogens (primary N) is 1. The van der Waals surface area contributed by atoms with Crippen LogP contribution in [0.1, 0.15) is 49.7 Å². The summed E-state index contributed by atoms with van der Waals surface area (Å²) in [7, 11) is 1.79. The van der Waals surface area contributed by atoms with E-state index in [1.165, 1.54) is 5.56 Å². The van der Waals surface area contributed by atoms with Crippen molar-refractivity contribution in [2.45, 2.75) is 57.1 Å². The fourth-order valence-electron chi connectivity index (χ4n) is 5.32. The van der Waals surface area contributed by atoms with Crippen LogP contribution in [0, 0.1) is 0 Å². The number of nitrogens with one attached hydrogen (secondary N) is 1. The highest BCUT2D eigenvalue weighted by Gasteiger charge is 2.36. The van der Waals surface area contributed by atoms with Crippen LogP contribution in [0.2, 0.25) is 0 Å². The summed E-state index contributed by atoms with van der Waals surface area (Å²) in [6, 6.07) is 1.27. The Morgan fingerprint density at radius 2 is 1.97 bits per heavy atom. The quantitative estimate of drug-likeness (QED) is 0.634. The number of allylic oxidation sites excluding steroid dienone is 3. The smallest absolute Gasteiger partial charge is 0.316 e. The number of anilines is 2. The molecule has 1 aliphatic carbocycles. The zero-order chi connectivity index (χ0) is 25.1. The topological polar surface area (TPSA) is 122 Å². The van der Waals surface area contributed by atoms with Gasteiger partial charge < -0.3 is 25.6 Å². The van der Waals surface area contributed by atoms with Crippen molar-refractivity contribution < 1.29 is 9.53 Å². The second-order valence-electron chi connectivity index (χ2n) is 9.63. The van der Waals surface area contributed by atoms with Crippen molar-refractivity contribution in [2.24, 2.45) is 5.73 Å². The van der Waals surface area contributed by atoms with Crippen LogP contribution >= 0.6 is 0 Å². The zero-order valence-corrected chi connectivity index (χ0v) is 21.0. The highest BCUT2D eigenvalue weighted by molar-refractivity contribution is 5.74. The van der Waals surface area contributed by atoms with Crippen molar-refractivity contribution in [2.75, 3.05) is 36.5 Å². The van der Waals surface area contributed by atoms with Gasteiger partial charge in [-0.25, -0.2) is 24.7 Å². The number of methoxy groups -OCH3 is 1. The molecule has 0 spiro atoms. The van der Waals surface area contributed by atoms with Gasteiger partial charge in [0.15, 0.2) is 0 Å². The third-order valence-corrected chi connectivity index (χ3v) is 7.57. The molecule has 3 N–H and O–H groups in total. The molecular weight excluding hydrogens is 456 g/mol. The molecule has 0 saturated carbocycles. The van der Waals surface area contributed by atoms with Crippen LogP contribution in [0.3, 0.4) is 0 Å². The number of fused-ring (bicyclic) bond motifs is 1. The Kier molecular flexibility index (Phi) is 6.86. The number of ether oxygens (including phenoxy) is 1.